The monoisotopic (exact) mass is 269 g/mol. The lowest BCUT2D eigenvalue weighted by Gasteiger charge is -2.08. The van der Waals surface area contributed by atoms with Gasteiger partial charge in [0.1, 0.15) is 0 Å². The molecule has 6 nitrogen and oxygen atoms in total. The second-order valence-corrected chi connectivity index (χ2v) is 4.30. The first-order chi connectivity index (χ1) is 9.78. The Labute approximate surface area is 116 Å². The summed E-state index contributed by atoms with van der Waals surface area (Å²) in [6, 6.07) is 9.78. The van der Waals surface area contributed by atoms with Crippen LogP contribution >= 0.6 is 0 Å². The molecule has 0 fully saturated rings. The normalized spacial score (nSPS) is 10.7. The molecule has 1 N–H and O–H groups in total. The number of hydrogen-bond donors (Lipinski definition) is 1. The Morgan fingerprint density at radius 2 is 2.00 bits per heavy atom. The zero-order valence-corrected chi connectivity index (χ0v) is 11.4. The van der Waals surface area contributed by atoms with E-state index in [0.717, 1.165) is 11.3 Å². The number of aromatic nitrogens is 4. The summed E-state index contributed by atoms with van der Waals surface area (Å²) in [4.78, 5) is 13.1. The van der Waals surface area contributed by atoms with Crippen LogP contribution in [0.25, 0.3) is 11.2 Å². The van der Waals surface area contributed by atoms with Gasteiger partial charge in [-0.05, 0) is 19.1 Å². The summed E-state index contributed by atoms with van der Waals surface area (Å²) < 4.78 is 7.39. The number of anilines is 2. The first-order valence-electron chi connectivity index (χ1n) is 6.42. The average molecular weight is 269 g/mol. The second-order valence-electron chi connectivity index (χ2n) is 4.30. The van der Waals surface area contributed by atoms with Crippen LogP contribution < -0.4 is 10.1 Å². The first kappa shape index (κ1) is 12.4. The largest absolute Gasteiger partial charge is 0.476 e. The van der Waals surface area contributed by atoms with Crippen molar-refractivity contribution in [3.63, 3.8) is 0 Å². The number of rotatable bonds is 4. The van der Waals surface area contributed by atoms with Gasteiger partial charge in [0.2, 0.25) is 11.8 Å². The van der Waals surface area contributed by atoms with E-state index in [4.69, 9.17) is 4.74 Å². The molecule has 0 unspecified atom stereocenters. The van der Waals surface area contributed by atoms with E-state index >= 15 is 0 Å². The van der Waals surface area contributed by atoms with E-state index < -0.39 is 0 Å². The zero-order valence-electron chi connectivity index (χ0n) is 11.4. The maximum atomic E-state index is 5.54. The number of nitrogens with one attached hydrogen (secondary N) is 1. The van der Waals surface area contributed by atoms with Gasteiger partial charge >= 0.3 is 0 Å². The summed E-state index contributed by atoms with van der Waals surface area (Å²) in [5.74, 6) is 0.993. The van der Waals surface area contributed by atoms with E-state index in [1.165, 1.54) is 0 Å². The third kappa shape index (κ3) is 2.27. The van der Waals surface area contributed by atoms with Crippen LogP contribution in [0.2, 0.25) is 0 Å². The fourth-order valence-electron chi connectivity index (χ4n) is 1.92. The predicted molar refractivity (Wildman–Crippen MR) is 77.2 cm³/mol. The number of para-hydroxylation sites is 1. The number of aryl methyl sites for hydroxylation is 1. The highest BCUT2D eigenvalue weighted by Crippen LogP contribution is 2.23. The van der Waals surface area contributed by atoms with Crippen molar-refractivity contribution in [2.24, 2.45) is 7.05 Å². The van der Waals surface area contributed by atoms with E-state index in [-0.39, 0.29) is 0 Å². The number of fused-ring (bicyclic) bond motifs is 1. The summed E-state index contributed by atoms with van der Waals surface area (Å²) in [6.07, 6.45) is 1.70. The smallest absolute Gasteiger partial charge is 0.247 e. The van der Waals surface area contributed by atoms with E-state index in [0.29, 0.717) is 24.0 Å². The summed E-state index contributed by atoms with van der Waals surface area (Å²) >= 11 is 0. The van der Waals surface area contributed by atoms with Gasteiger partial charge in [0.15, 0.2) is 11.2 Å². The van der Waals surface area contributed by atoms with Gasteiger partial charge in [0.05, 0.1) is 12.9 Å². The molecule has 1 aromatic carbocycles. The van der Waals surface area contributed by atoms with Gasteiger partial charge in [-0.2, -0.15) is 9.97 Å². The molecule has 0 aliphatic carbocycles. The number of ether oxygens (including phenoxy) is 1. The Kier molecular flexibility index (Phi) is 3.20. The fourth-order valence-corrected chi connectivity index (χ4v) is 1.92. The average Bonchev–Trinajstić information content (AvgIpc) is 2.82. The highest BCUT2D eigenvalue weighted by molar-refractivity contribution is 5.78. The van der Waals surface area contributed by atoms with Crippen molar-refractivity contribution in [3.8, 4) is 5.88 Å². The van der Waals surface area contributed by atoms with Gasteiger partial charge in [-0.3, -0.25) is 0 Å². The molecule has 2 heterocycles. The van der Waals surface area contributed by atoms with Crippen LogP contribution in [0.5, 0.6) is 5.88 Å². The Hall–Kier alpha value is -2.63. The van der Waals surface area contributed by atoms with Crippen LogP contribution in [0.3, 0.4) is 0 Å². The van der Waals surface area contributed by atoms with Gasteiger partial charge in [0.25, 0.3) is 0 Å². The number of nitrogens with zero attached hydrogens (tertiary/aromatic N) is 4. The topological polar surface area (TPSA) is 64.9 Å². The van der Waals surface area contributed by atoms with Gasteiger partial charge in [-0.1, -0.05) is 18.2 Å². The van der Waals surface area contributed by atoms with Crippen molar-refractivity contribution in [2.45, 2.75) is 6.92 Å². The fraction of sp³-hybridized carbons (Fsp3) is 0.214. The molecule has 0 spiro atoms. The highest BCUT2D eigenvalue weighted by Gasteiger charge is 2.12. The van der Waals surface area contributed by atoms with E-state index in [2.05, 4.69) is 20.3 Å². The molecule has 0 saturated carbocycles. The number of imidazole rings is 1. The third-order valence-electron chi connectivity index (χ3n) is 2.84. The standard InChI is InChI=1S/C14H15N5O/c1-3-20-13-11-12(19(2)9-15-11)17-14(18-13)16-10-7-5-4-6-8-10/h4-9H,3H2,1-2H3,(H,16,17,18). The van der Waals surface area contributed by atoms with Gasteiger partial charge in [-0.15, -0.1) is 0 Å². The minimum absolute atomic E-state index is 0.496. The molecule has 0 atom stereocenters. The van der Waals surface area contributed by atoms with Crippen LogP contribution in [-0.4, -0.2) is 26.1 Å². The predicted octanol–water partition coefficient (Wildman–Crippen LogP) is 2.51. The van der Waals surface area contributed by atoms with Crippen molar-refractivity contribution < 1.29 is 4.74 Å². The Morgan fingerprint density at radius 3 is 2.75 bits per heavy atom. The van der Waals surface area contributed by atoms with E-state index in [1.807, 2.05) is 48.9 Å². The minimum atomic E-state index is 0.496. The van der Waals surface area contributed by atoms with E-state index in [9.17, 15) is 0 Å². The maximum absolute atomic E-state index is 5.54. The van der Waals surface area contributed by atoms with Crippen LogP contribution in [0, 0.1) is 0 Å². The zero-order chi connectivity index (χ0) is 13.9. The van der Waals surface area contributed by atoms with E-state index in [1.54, 1.807) is 6.33 Å². The van der Waals surface area contributed by atoms with Crippen molar-refractivity contribution in [2.75, 3.05) is 11.9 Å². The Morgan fingerprint density at radius 1 is 1.20 bits per heavy atom. The number of benzene rings is 1. The molecule has 3 rings (SSSR count). The minimum Gasteiger partial charge on any atom is -0.476 e. The highest BCUT2D eigenvalue weighted by atomic mass is 16.5. The van der Waals surface area contributed by atoms with Gasteiger partial charge < -0.3 is 14.6 Å². The van der Waals surface area contributed by atoms with Crippen molar-refractivity contribution in [3.05, 3.63) is 36.7 Å². The molecule has 0 bridgehead atoms. The van der Waals surface area contributed by atoms with Gasteiger partial charge in [-0.25, -0.2) is 4.98 Å². The molecular weight excluding hydrogens is 254 g/mol. The summed E-state index contributed by atoms with van der Waals surface area (Å²) in [5.41, 5.74) is 2.34. The summed E-state index contributed by atoms with van der Waals surface area (Å²) in [5, 5.41) is 3.17. The molecule has 0 aliphatic rings. The van der Waals surface area contributed by atoms with Crippen molar-refractivity contribution in [1.29, 1.82) is 0 Å². The quantitative estimate of drug-likeness (QED) is 0.788. The summed E-state index contributed by atoms with van der Waals surface area (Å²) in [6.45, 7) is 2.45. The van der Waals surface area contributed by atoms with Crippen LogP contribution in [0.1, 0.15) is 6.92 Å². The molecule has 20 heavy (non-hydrogen) atoms. The van der Waals surface area contributed by atoms with Crippen molar-refractivity contribution >= 4 is 22.8 Å². The van der Waals surface area contributed by atoms with Crippen LogP contribution in [0.15, 0.2) is 36.7 Å². The summed E-state index contributed by atoms with van der Waals surface area (Å²) in [7, 11) is 1.89. The molecule has 0 aliphatic heterocycles. The lowest BCUT2D eigenvalue weighted by atomic mass is 10.3. The molecule has 102 valence electrons. The molecule has 2 aromatic heterocycles. The third-order valence-corrected chi connectivity index (χ3v) is 2.84. The van der Waals surface area contributed by atoms with Crippen molar-refractivity contribution in [1.82, 2.24) is 19.5 Å². The first-order valence-corrected chi connectivity index (χ1v) is 6.42. The molecule has 0 saturated heterocycles. The molecule has 0 radical (unpaired) electrons. The Bertz CT molecular complexity index is 723. The molecule has 0 amide bonds. The lowest BCUT2D eigenvalue weighted by Crippen LogP contribution is -2.03. The second kappa shape index (κ2) is 5.16. The molecular formula is C14H15N5O. The van der Waals surface area contributed by atoms with Crippen LogP contribution in [-0.2, 0) is 7.05 Å². The lowest BCUT2D eigenvalue weighted by molar-refractivity contribution is 0.330. The molecule has 6 heteroatoms. The Balaban J connectivity index is 2.04. The maximum Gasteiger partial charge on any atom is 0.247 e. The molecule has 3 aromatic rings. The van der Waals surface area contributed by atoms with Gasteiger partial charge in [0, 0.05) is 12.7 Å². The van der Waals surface area contributed by atoms with Crippen LogP contribution in [0.4, 0.5) is 11.6 Å². The SMILES string of the molecule is CCOc1nc(Nc2ccccc2)nc2c1ncn2C. The number of hydrogen-bond acceptors (Lipinski definition) is 5.